The fourth-order valence-corrected chi connectivity index (χ4v) is 6.39. The molecule has 182 valence electrons. The van der Waals surface area contributed by atoms with Gasteiger partial charge >= 0.3 is 0 Å². The number of fused-ring (bicyclic) bond motifs is 1. The minimum Gasteiger partial charge on any atom is -0.410 e. The fraction of sp³-hybridized carbons (Fsp3) is 0.480. The van der Waals surface area contributed by atoms with Crippen molar-refractivity contribution in [3.63, 3.8) is 0 Å². The Morgan fingerprint density at radius 2 is 1.91 bits per heavy atom. The Hall–Kier alpha value is -1.82. The summed E-state index contributed by atoms with van der Waals surface area (Å²) < 4.78 is 16.2. The quantitative estimate of drug-likeness (QED) is 0.220. The summed E-state index contributed by atoms with van der Waals surface area (Å²) in [5, 5.41) is 7.53. The molecule has 34 heavy (non-hydrogen) atoms. The molecular formula is C25H33IN4O3Si. The van der Waals surface area contributed by atoms with Gasteiger partial charge in [-0.25, -0.2) is 9.50 Å². The zero-order valence-corrected chi connectivity index (χ0v) is 23.7. The third-order valence-electron chi connectivity index (χ3n) is 7.15. The van der Waals surface area contributed by atoms with Crippen LogP contribution >= 0.6 is 22.6 Å². The van der Waals surface area contributed by atoms with Gasteiger partial charge < -0.3 is 14.5 Å². The molecule has 0 unspecified atom stereocenters. The molecule has 4 atom stereocenters. The monoisotopic (exact) mass is 592 g/mol. The molecule has 1 saturated heterocycles. The number of nitrogens with one attached hydrogen (secondary N) is 1. The average Bonchev–Trinajstić information content (AvgIpc) is 3.35. The average molecular weight is 593 g/mol. The van der Waals surface area contributed by atoms with Crippen LogP contribution in [-0.4, -0.2) is 45.5 Å². The molecule has 0 saturated carbocycles. The number of nitrogens with zero attached hydrogens (tertiary/aromatic N) is 3. The van der Waals surface area contributed by atoms with Crippen molar-refractivity contribution in [1.29, 1.82) is 0 Å². The van der Waals surface area contributed by atoms with Gasteiger partial charge in [0.2, 0.25) is 0 Å². The first kappa shape index (κ1) is 25.3. The van der Waals surface area contributed by atoms with Gasteiger partial charge in [-0.05, 0) is 42.4 Å². The number of anilines is 1. The van der Waals surface area contributed by atoms with Crippen LogP contribution in [0, 0.1) is 5.92 Å². The van der Waals surface area contributed by atoms with Gasteiger partial charge in [-0.1, -0.05) is 68.5 Å². The van der Waals surface area contributed by atoms with Crippen molar-refractivity contribution in [3.05, 3.63) is 60.0 Å². The van der Waals surface area contributed by atoms with Crippen molar-refractivity contribution in [1.82, 2.24) is 14.6 Å². The molecule has 3 aromatic rings. The first-order chi connectivity index (χ1) is 16.0. The van der Waals surface area contributed by atoms with Crippen molar-refractivity contribution < 1.29 is 14.0 Å². The second kappa shape index (κ2) is 9.67. The van der Waals surface area contributed by atoms with E-state index in [4.69, 9.17) is 9.16 Å². The SMILES string of the molecule is C[C@H]1[C@@H](O[Si](C)(C)C(C)(C)C)[C@H](c2ccc3c(NC(=O)c4ccccc4)ncnn23)O[C@@H]1CI. The van der Waals surface area contributed by atoms with Gasteiger partial charge in [0.15, 0.2) is 14.1 Å². The van der Waals surface area contributed by atoms with Crippen LogP contribution in [0.25, 0.3) is 5.52 Å². The van der Waals surface area contributed by atoms with Crippen LogP contribution in [0.4, 0.5) is 5.82 Å². The van der Waals surface area contributed by atoms with E-state index in [1.54, 1.807) is 12.1 Å². The maximum absolute atomic E-state index is 12.7. The second-order valence-electron chi connectivity index (χ2n) is 10.4. The lowest BCUT2D eigenvalue weighted by Gasteiger charge is -2.40. The van der Waals surface area contributed by atoms with E-state index in [-0.39, 0.29) is 35.2 Å². The normalized spacial score (nSPS) is 23.4. The molecule has 4 rings (SSSR count). The number of ether oxygens (including phenoxy) is 1. The van der Waals surface area contributed by atoms with Crippen molar-refractivity contribution in [2.75, 3.05) is 9.74 Å². The molecule has 1 aliphatic heterocycles. The van der Waals surface area contributed by atoms with Gasteiger partial charge in [0.05, 0.1) is 17.9 Å². The molecule has 1 aromatic carbocycles. The zero-order chi connectivity index (χ0) is 24.7. The van der Waals surface area contributed by atoms with E-state index < -0.39 is 8.32 Å². The van der Waals surface area contributed by atoms with Crippen LogP contribution in [0.3, 0.4) is 0 Å². The number of rotatable bonds is 6. The first-order valence-corrected chi connectivity index (χ1v) is 16.0. The van der Waals surface area contributed by atoms with E-state index in [9.17, 15) is 4.79 Å². The summed E-state index contributed by atoms with van der Waals surface area (Å²) >= 11 is 2.39. The second-order valence-corrected chi connectivity index (χ2v) is 16.1. The predicted octanol–water partition coefficient (Wildman–Crippen LogP) is 5.88. The number of alkyl halides is 1. The van der Waals surface area contributed by atoms with Crippen molar-refractivity contribution in [3.8, 4) is 0 Å². The molecule has 3 heterocycles. The number of carbonyl (C=O) groups is 1. The van der Waals surface area contributed by atoms with Crippen LogP contribution < -0.4 is 5.32 Å². The highest BCUT2D eigenvalue weighted by molar-refractivity contribution is 14.1. The molecule has 0 radical (unpaired) electrons. The Morgan fingerprint density at radius 3 is 2.56 bits per heavy atom. The summed E-state index contributed by atoms with van der Waals surface area (Å²) in [5.41, 5.74) is 2.21. The summed E-state index contributed by atoms with van der Waals surface area (Å²) in [4.78, 5) is 17.1. The summed E-state index contributed by atoms with van der Waals surface area (Å²) in [6.45, 7) is 13.6. The van der Waals surface area contributed by atoms with E-state index in [1.165, 1.54) is 6.33 Å². The molecule has 1 aliphatic rings. The predicted molar refractivity (Wildman–Crippen MR) is 145 cm³/mol. The number of hydrogen-bond donors (Lipinski definition) is 1. The van der Waals surface area contributed by atoms with Crippen LogP contribution in [0.2, 0.25) is 18.1 Å². The van der Waals surface area contributed by atoms with Gasteiger partial charge in [-0.3, -0.25) is 4.79 Å². The topological polar surface area (TPSA) is 77.8 Å². The lowest BCUT2D eigenvalue weighted by molar-refractivity contribution is 0.0175. The summed E-state index contributed by atoms with van der Waals surface area (Å²) in [5.74, 6) is 0.507. The van der Waals surface area contributed by atoms with Gasteiger partial charge in [-0.2, -0.15) is 5.10 Å². The van der Waals surface area contributed by atoms with E-state index >= 15 is 0 Å². The standard InChI is InChI=1S/C25H33IN4O3Si/c1-16-20(14-26)32-22(21(16)33-34(5,6)25(2,3)4)18-12-13-19-23(27-15-28-30(18)19)29-24(31)17-10-8-7-9-11-17/h7-13,15-16,20-22H,14H2,1-6H3,(H,27,28,29,31)/t16-,20-,21-,22+/m1/s1. The Labute approximate surface area is 215 Å². The van der Waals surface area contributed by atoms with E-state index in [0.29, 0.717) is 11.4 Å². The smallest absolute Gasteiger partial charge is 0.256 e. The Balaban J connectivity index is 1.68. The third kappa shape index (κ3) is 4.80. The number of carbonyl (C=O) groups excluding carboxylic acids is 1. The summed E-state index contributed by atoms with van der Waals surface area (Å²) in [6, 6.07) is 13.1. The molecule has 0 aliphatic carbocycles. The van der Waals surface area contributed by atoms with Gasteiger partial charge in [0, 0.05) is 15.9 Å². The number of hydrogen-bond acceptors (Lipinski definition) is 5. The highest BCUT2D eigenvalue weighted by Crippen LogP contribution is 2.45. The third-order valence-corrected chi connectivity index (χ3v) is 12.5. The minimum absolute atomic E-state index is 0.0731. The van der Waals surface area contributed by atoms with Crippen LogP contribution in [0.1, 0.15) is 49.9 Å². The molecule has 1 amide bonds. The largest absolute Gasteiger partial charge is 0.410 e. The Morgan fingerprint density at radius 1 is 1.21 bits per heavy atom. The van der Waals surface area contributed by atoms with E-state index in [2.05, 4.69) is 78.8 Å². The molecule has 0 spiro atoms. The number of benzene rings is 1. The van der Waals surface area contributed by atoms with Crippen LogP contribution in [0.15, 0.2) is 48.8 Å². The highest BCUT2D eigenvalue weighted by Gasteiger charge is 2.49. The van der Waals surface area contributed by atoms with Crippen molar-refractivity contribution >= 4 is 48.2 Å². The van der Waals surface area contributed by atoms with E-state index in [1.807, 2.05) is 34.8 Å². The minimum atomic E-state index is -2.03. The number of aromatic nitrogens is 3. The molecule has 2 aromatic heterocycles. The zero-order valence-electron chi connectivity index (χ0n) is 20.6. The fourth-order valence-electron chi connectivity index (χ4n) is 4.01. The summed E-state index contributed by atoms with van der Waals surface area (Å²) in [6.07, 6.45) is 1.25. The molecule has 7 nitrogen and oxygen atoms in total. The molecule has 9 heteroatoms. The first-order valence-electron chi connectivity index (χ1n) is 11.6. The van der Waals surface area contributed by atoms with Gasteiger partial charge in [-0.15, -0.1) is 0 Å². The summed E-state index contributed by atoms with van der Waals surface area (Å²) in [7, 11) is -2.03. The van der Waals surface area contributed by atoms with Gasteiger partial charge in [0.25, 0.3) is 5.91 Å². The molecule has 0 bridgehead atoms. The number of amides is 1. The van der Waals surface area contributed by atoms with Crippen molar-refractivity contribution in [2.45, 2.75) is 64.1 Å². The highest BCUT2D eigenvalue weighted by atomic mass is 127. The molecule has 1 N–H and O–H groups in total. The lowest BCUT2D eigenvalue weighted by Crippen LogP contribution is -2.46. The van der Waals surface area contributed by atoms with Gasteiger partial charge in [0.1, 0.15) is 17.9 Å². The maximum atomic E-state index is 12.7. The van der Waals surface area contributed by atoms with Crippen molar-refractivity contribution in [2.24, 2.45) is 5.92 Å². The number of halogens is 1. The lowest BCUT2D eigenvalue weighted by atomic mass is 9.98. The Kier molecular flexibility index (Phi) is 7.19. The molecule has 1 fully saturated rings. The van der Waals surface area contributed by atoms with Crippen LogP contribution in [0.5, 0.6) is 0 Å². The maximum Gasteiger partial charge on any atom is 0.256 e. The Bertz CT molecular complexity index is 1160. The van der Waals surface area contributed by atoms with Crippen LogP contribution in [-0.2, 0) is 9.16 Å². The van der Waals surface area contributed by atoms with E-state index in [0.717, 1.165) is 15.6 Å². The molecular weight excluding hydrogens is 559 g/mol.